The number of nitrogens with one attached hydrogen (secondary N) is 1. The molecule has 1 aromatic rings. The fourth-order valence-corrected chi connectivity index (χ4v) is 4.18. The number of ether oxygens (including phenoxy) is 1. The van der Waals surface area contributed by atoms with Gasteiger partial charge < -0.3 is 9.64 Å². The maximum absolute atomic E-state index is 13.8. The summed E-state index contributed by atoms with van der Waals surface area (Å²) in [4.78, 5) is 1.64. The fourth-order valence-electron chi connectivity index (χ4n) is 4.18. The number of benzene rings is 1. The number of quaternary nitrogens is 1. The molecule has 0 aromatic heterocycles. The number of epoxide rings is 1. The second-order valence-corrected chi connectivity index (χ2v) is 6.02. The summed E-state index contributed by atoms with van der Waals surface area (Å²) in [5, 5.41) is 0. The molecule has 18 heavy (non-hydrogen) atoms. The average molecular weight is 248 g/mol. The van der Waals surface area contributed by atoms with Crippen LogP contribution in [-0.2, 0) is 11.2 Å². The molecular formula is C15H19FNO+. The van der Waals surface area contributed by atoms with Gasteiger partial charge in [0.25, 0.3) is 0 Å². The van der Waals surface area contributed by atoms with Crippen LogP contribution in [0.3, 0.4) is 0 Å². The minimum atomic E-state index is -0.0599. The molecule has 5 rings (SSSR count). The lowest BCUT2D eigenvalue weighted by atomic mass is 9.72. The van der Waals surface area contributed by atoms with Gasteiger partial charge in [0.05, 0.1) is 19.7 Å². The van der Waals surface area contributed by atoms with Gasteiger partial charge in [0.1, 0.15) is 17.5 Å². The van der Waals surface area contributed by atoms with Crippen molar-refractivity contribution in [2.45, 2.75) is 30.9 Å². The largest absolute Gasteiger partial charge is 0.363 e. The molecule has 4 aliphatic heterocycles. The Morgan fingerprint density at radius 3 is 2.67 bits per heavy atom. The summed E-state index contributed by atoms with van der Waals surface area (Å²) in [6.45, 7) is 3.39. The van der Waals surface area contributed by atoms with Gasteiger partial charge >= 0.3 is 0 Å². The van der Waals surface area contributed by atoms with Gasteiger partial charge in [-0.15, -0.1) is 0 Å². The van der Waals surface area contributed by atoms with E-state index in [-0.39, 0.29) is 11.4 Å². The molecule has 0 aliphatic carbocycles. The zero-order chi connectivity index (χ0) is 12.2. The molecular weight excluding hydrogens is 229 g/mol. The summed E-state index contributed by atoms with van der Waals surface area (Å²) >= 11 is 0. The first-order chi connectivity index (χ1) is 8.79. The van der Waals surface area contributed by atoms with Gasteiger partial charge in [-0.25, -0.2) is 4.39 Å². The molecule has 0 radical (unpaired) electrons. The van der Waals surface area contributed by atoms with Crippen molar-refractivity contribution in [3.05, 3.63) is 35.6 Å². The molecule has 1 N–H and O–H groups in total. The van der Waals surface area contributed by atoms with Crippen LogP contribution in [0.15, 0.2) is 24.3 Å². The monoisotopic (exact) mass is 248 g/mol. The Labute approximate surface area is 107 Å². The van der Waals surface area contributed by atoms with Gasteiger partial charge in [-0.1, -0.05) is 18.2 Å². The van der Waals surface area contributed by atoms with E-state index in [1.54, 1.807) is 17.0 Å². The Kier molecular flexibility index (Phi) is 2.30. The van der Waals surface area contributed by atoms with Gasteiger partial charge in [-0.05, 0) is 11.6 Å². The summed E-state index contributed by atoms with van der Waals surface area (Å²) in [7, 11) is 0. The van der Waals surface area contributed by atoms with E-state index in [1.165, 1.54) is 25.9 Å². The molecule has 4 aliphatic rings. The molecule has 1 spiro atoms. The van der Waals surface area contributed by atoms with Gasteiger partial charge in [-0.3, -0.25) is 0 Å². The molecule has 96 valence electrons. The third-order valence-corrected chi connectivity index (χ3v) is 5.26. The number of fused-ring (bicyclic) bond motifs is 2. The predicted octanol–water partition coefficient (Wildman–Crippen LogP) is 0.814. The molecule has 4 saturated heterocycles. The molecule has 0 saturated carbocycles. The van der Waals surface area contributed by atoms with E-state index >= 15 is 0 Å². The SMILES string of the molecule is Fc1ccccc1C[C@@H]1[NH+]2CCC(CC2)[C@]12CO2. The third-order valence-electron chi connectivity index (χ3n) is 5.26. The van der Waals surface area contributed by atoms with E-state index in [0.717, 1.165) is 24.5 Å². The Morgan fingerprint density at radius 1 is 1.28 bits per heavy atom. The molecule has 0 unspecified atom stereocenters. The normalized spacial score (nSPS) is 41.3. The van der Waals surface area contributed by atoms with Gasteiger partial charge in [-0.2, -0.15) is 0 Å². The zero-order valence-electron chi connectivity index (χ0n) is 10.5. The summed E-state index contributed by atoms with van der Waals surface area (Å²) in [6, 6.07) is 7.67. The summed E-state index contributed by atoms with van der Waals surface area (Å²) < 4.78 is 19.7. The van der Waals surface area contributed by atoms with Crippen LogP contribution >= 0.6 is 0 Å². The number of hydrogen-bond donors (Lipinski definition) is 1. The van der Waals surface area contributed by atoms with Crippen LogP contribution in [0.4, 0.5) is 4.39 Å². The van der Waals surface area contributed by atoms with E-state index in [0.29, 0.717) is 6.04 Å². The molecule has 4 heterocycles. The van der Waals surface area contributed by atoms with Crippen LogP contribution in [0.25, 0.3) is 0 Å². The molecule has 0 amide bonds. The maximum Gasteiger partial charge on any atom is 0.146 e. The first kappa shape index (κ1) is 10.9. The van der Waals surface area contributed by atoms with E-state index in [2.05, 4.69) is 0 Å². The summed E-state index contributed by atoms with van der Waals surface area (Å²) in [5.74, 6) is 0.669. The fraction of sp³-hybridized carbons (Fsp3) is 0.600. The Balaban J connectivity index is 1.63. The minimum Gasteiger partial charge on any atom is -0.363 e. The van der Waals surface area contributed by atoms with Crippen molar-refractivity contribution in [2.24, 2.45) is 5.92 Å². The lowest BCUT2D eigenvalue weighted by Crippen LogP contribution is -3.21. The standard InChI is InChI=1S/C15H18FNO/c16-13-4-2-1-3-11(13)9-14-15(10-18-15)12-5-7-17(14)8-6-12/h1-4,12,14H,5-10H2/p+1/t14-,15+/m0/s1. The Hall–Kier alpha value is -0.930. The second kappa shape index (κ2) is 3.78. The lowest BCUT2D eigenvalue weighted by Gasteiger charge is -2.47. The van der Waals surface area contributed by atoms with Crippen LogP contribution in [-0.4, -0.2) is 31.3 Å². The van der Waals surface area contributed by atoms with Crippen LogP contribution in [0.1, 0.15) is 18.4 Å². The average Bonchev–Trinajstić information content (AvgIpc) is 3.18. The maximum atomic E-state index is 13.8. The number of piperidine rings is 3. The van der Waals surface area contributed by atoms with Gasteiger partial charge in [0, 0.05) is 25.2 Å². The second-order valence-electron chi connectivity index (χ2n) is 6.02. The van der Waals surface area contributed by atoms with Crippen LogP contribution < -0.4 is 4.90 Å². The summed E-state index contributed by atoms with van der Waals surface area (Å²) in [6.07, 6.45) is 3.42. The van der Waals surface area contributed by atoms with Crippen molar-refractivity contribution in [2.75, 3.05) is 19.7 Å². The van der Waals surface area contributed by atoms with Crippen molar-refractivity contribution in [3.63, 3.8) is 0 Å². The quantitative estimate of drug-likeness (QED) is 0.767. The highest BCUT2D eigenvalue weighted by molar-refractivity contribution is 5.21. The molecule has 2 atom stereocenters. The highest BCUT2D eigenvalue weighted by Crippen LogP contribution is 2.45. The van der Waals surface area contributed by atoms with E-state index < -0.39 is 0 Å². The molecule has 3 heteroatoms. The number of rotatable bonds is 2. The molecule has 1 aromatic carbocycles. The van der Waals surface area contributed by atoms with Crippen LogP contribution in [0, 0.1) is 11.7 Å². The lowest BCUT2D eigenvalue weighted by molar-refractivity contribution is -0.946. The van der Waals surface area contributed by atoms with E-state index in [4.69, 9.17) is 4.74 Å². The highest BCUT2D eigenvalue weighted by Gasteiger charge is 2.65. The van der Waals surface area contributed by atoms with E-state index in [9.17, 15) is 4.39 Å². The van der Waals surface area contributed by atoms with Gasteiger partial charge in [0.2, 0.25) is 0 Å². The third kappa shape index (κ3) is 1.47. The molecule has 2 bridgehead atoms. The van der Waals surface area contributed by atoms with Crippen LogP contribution in [0.2, 0.25) is 0 Å². The first-order valence-corrected chi connectivity index (χ1v) is 7.01. The Bertz CT molecular complexity index is 463. The predicted molar refractivity (Wildman–Crippen MR) is 66.0 cm³/mol. The first-order valence-electron chi connectivity index (χ1n) is 7.01. The molecule has 4 fully saturated rings. The van der Waals surface area contributed by atoms with Crippen molar-refractivity contribution in [3.8, 4) is 0 Å². The van der Waals surface area contributed by atoms with Gasteiger partial charge in [0.15, 0.2) is 0 Å². The highest BCUT2D eigenvalue weighted by atomic mass is 19.1. The van der Waals surface area contributed by atoms with Crippen molar-refractivity contribution >= 4 is 0 Å². The van der Waals surface area contributed by atoms with Crippen molar-refractivity contribution < 1.29 is 14.0 Å². The van der Waals surface area contributed by atoms with Crippen LogP contribution in [0.5, 0.6) is 0 Å². The summed E-state index contributed by atoms with van der Waals surface area (Å²) in [5.41, 5.74) is 0.964. The smallest absolute Gasteiger partial charge is 0.146 e. The zero-order valence-corrected chi connectivity index (χ0v) is 10.5. The van der Waals surface area contributed by atoms with E-state index in [1.807, 2.05) is 12.1 Å². The number of hydrogen-bond acceptors (Lipinski definition) is 1. The number of halogens is 1. The van der Waals surface area contributed by atoms with Crippen molar-refractivity contribution in [1.29, 1.82) is 0 Å². The minimum absolute atomic E-state index is 0.0599. The topological polar surface area (TPSA) is 17.0 Å². The molecule has 2 nitrogen and oxygen atoms in total. The van der Waals surface area contributed by atoms with Crippen molar-refractivity contribution in [1.82, 2.24) is 0 Å². The Morgan fingerprint density at radius 2 is 2.00 bits per heavy atom.